The number of thiophene rings is 1. The highest BCUT2D eigenvalue weighted by atomic mass is 35.5. The number of halogens is 1. The quantitative estimate of drug-likeness (QED) is 0.528. The normalized spacial score (nSPS) is 16.0. The SMILES string of the molecule is C#CCN1C(=O)S/C(=C/c2ccc(Sc3ccc(Cl)cc3)s2)C1=O. The van der Waals surface area contributed by atoms with Crippen LogP contribution in [0.4, 0.5) is 4.79 Å². The number of carbonyl (C=O) groups excluding carboxylic acids is 2. The molecule has 2 amide bonds. The Hall–Kier alpha value is -1.65. The number of nitrogens with zero attached hydrogens (tertiary/aromatic N) is 1. The van der Waals surface area contributed by atoms with E-state index in [4.69, 9.17) is 18.0 Å². The van der Waals surface area contributed by atoms with Crippen molar-refractivity contribution in [2.45, 2.75) is 9.10 Å². The molecule has 3 nitrogen and oxygen atoms in total. The van der Waals surface area contributed by atoms with Gasteiger partial charge in [-0.15, -0.1) is 17.8 Å². The summed E-state index contributed by atoms with van der Waals surface area (Å²) in [4.78, 5) is 27.4. The molecule has 1 aliphatic heterocycles. The summed E-state index contributed by atoms with van der Waals surface area (Å²) in [6, 6.07) is 11.5. The second-order valence-corrected chi connectivity index (χ2v) is 8.60. The zero-order chi connectivity index (χ0) is 17.1. The van der Waals surface area contributed by atoms with Crippen molar-refractivity contribution in [1.82, 2.24) is 4.90 Å². The Balaban J connectivity index is 1.74. The van der Waals surface area contributed by atoms with Crippen molar-refractivity contribution in [2.24, 2.45) is 0 Å². The highest BCUT2D eigenvalue weighted by molar-refractivity contribution is 8.18. The van der Waals surface area contributed by atoms with Gasteiger partial charge in [0, 0.05) is 14.8 Å². The van der Waals surface area contributed by atoms with Crippen LogP contribution >= 0.6 is 46.5 Å². The third-order valence-electron chi connectivity index (χ3n) is 3.03. The molecule has 24 heavy (non-hydrogen) atoms. The first-order chi connectivity index (χ1) is 11.6. The number of terminal acetylenes is 1. The summed E-state index contributed by atoms with van der Waals surface area (Å²) in [7, 11) is 0. The fourth-order valence-electron chi connectivity index (χ4n) is 1.94. The number of hydrogen-bond donors (Lipinski definition) is 0. The summed E-state index contributed by atoms with van der Waals surface area (Å²) in [5.41, 5.74) is 0. The van der Waals surface area contributed by atoms with Gasteiger partial charge in [-0.1, -0.05) is 29.3 Å². The maximum Gasteiger partial charge on any atom is 0.294 e. The van der Waals surface area contributed by atoms with E-state index in [1.807, 2.05) is 36.4 Å². The third kappa shape index (κ3) is 3.87. The van der Waals surface area contributed by atoms with E-state index >= 15 is 0 Å². The molecule has 1 fully saturated rings. The molecule has 0 atom stereocenters. The van der Waals surface area contributed by atoms with Gasteiger partial charge in [0.05, 0.1) is 15.7 Å². The summed E-state index contributed by atoms with van der Waals surface area (Å²) < 4.78 is 1.09. The topological polar surface area (TPSA) is 37.4 Å². The van der Waals surface area contributed by atoms with Gasteiger partial charge in [-0.2, -0.15) is 0 Å². The summed E-state index contributed by atoms with van der Waals surface area (Å²) in [6.07, 6.45) is 6.92. The lowest BCUT2D eigenvalue weighted by Crippen LogP contribution is -2.28. The molecule has 0 bridgehead atoms. The Labute approximate surface area is 157 Å². The third-order valence-corrected chi connectivity index (χ3v) is 6.36. The van der Waals surface area contributed by atoms with Crippen LogP contribution in [0.2, 0.25) is 5.02 Å². The lowest BCUT2D eigenvalue weighted by molar-refractivity contribution is -0.122. The minimum atomic E-state index is -0.330. The van der Waals surface area contributed by atoms with Crippen molar-refractivity contribution in [3.8, 4) is 12.3 Å². The van der Waals surface area contributed by atoms with Crippen molar-refractivity contribution in [1.29, 1.82) is 0 Å². The number of hydrogen-bond acceptors (Lipinski definition) is 5. The van der Waals surface area contributed by atoms with E-state index in [0.29, 0.717) is 9.93 Å². The van der Waals surface area contributed by atoms with E-state index in [1.54, 1.807) is 29.2 Å². The number of thioether (sulfide) groups is 1. The molecule has 1 aliphatic rings. The van der Waals surface area contributed by atoms with Gasteiger partial charge >= 0.3 is 0 Å². The molecule has 0 radical (unpaired) electrons. The summed E-state index contributed by atoms with van der Waals surface area (Å²) >= 11 is 9.98. The van der Waals surface area contributed by atoms with Gasteiger partial charge in [-0.05, 0) is 54.2 Å². The second-order valence-electron chi connectivity index (χ2n) is 4.68. The van der Waals surface area contributed by atoms with Gasteiger partial charge in [0.25, 0.3) is 11.1 Å². The largest absolute Gasteiger partial charge is 0.294 e. The van der Waals surface area contributed by atoms with Gasteiger partial charge in [0.15, 0.2) is 0 Å². The maximum atomic E-state index is 12.1. The van der Waals surface area contributed by atoms with Crippen LogP contribution in [-0.4, -0.2) is 22.6 Å². The molecule has 2 heterocycles. The molecule has 2 aromatic rings. The monoisotopic (exact) mass is 391 g/mol. The molecule has 1 saturated heterocycles. The second kappa shape index (κ2) is 7.49. The molecule has 7 heteroatoms. The first kappa shape index (κ1) is 17.2. The smallest absolute Gasteiger partial charge is 0.268 e. The van der Waals surface area contributed by atoms with Crippen LogP contribution in [-0.2, 0) is 4.79 Å². The van der Waals surface area contributed by atoms with Gasteiger partial charge in [0.1, 0.15) is 0 Å². The zero-order valence-corrected chi connectivity index (χ0v) is 15.4. The number of amides is 2. The Morgan fingerprint density at radius 1 is 1.21 bits per heavy atom. The van der Waals surface area contributed by atoms with Crippen molar-refractivity contribution in [2.75, 3.05) is 6.54 Å². The molecule has 120 valence electrons. The molecular weight excluding hydrogens is 382 g/mol. The van der Waals surface area contributed by atoms with E-state index in [9.17, 15) is 9.59 Å². The van der Waals surface area contributed by atoms with Crippen LogP contribution < -0.4 is 0 Å². The van der Waals surface area contributed by atoms with Crippen LogP contribution in [0, 0.1) is 12.3 Å². The van der Waals surface area contributed by atoms with Gasteiger partial charge in [0.2, 0.25) is 0 Å². The lowest BCUT2D eigenvalue weighted by atomic mass is 10.4. The molecule has 1 aromatic carbocycles. The molecule has 0 aliphatic carbocycles. The highest BCUT2D eigenvalue weighted by Gasteiger charge is 2.34. The lowest BCUT2D eigenvalue weighted by Gasteiger charge is -2.06. The Morgan fingerprint density at radius 2 is 1.96 bits per heavy atom. The van der Waals surface area contributed by atoms with Gasteiger partial charge in [-0.25, -0.2) is 0 Å². The molecule has 0 unspecified atom stereocenters. The minimum absolute atomic E-state index is 0.00408. The maximum absolute atomic E-state index is 12.1. The van der Waals surface area contributed by atoms with Crippen LogP contribution in [0.5, 0.6) is 0 Å². The first-order valence-electron chi connectivity index (χ1n) is 6.79. The number of carbonyl (C=O) groups is 2. The van der Waals surface area contributed by atoms with Crippen LogP contribution in [0.15, 0.2) is 50.4 Å². The molecule has 0 N–H and O–H groups in total. The van der Waals surface area contributed by atoms with E-state index in [1.165, 1.54) is 0 Å². The predicted molar refractivity (Wildman–Crippen MR) is 101 cm³/mol. The molecule has 0 saturated carbocycles. The van der Waals surface area contributed by atoms with Crippen LogP contribution in [0.3, 0.4) is 0 Å². The van der Waals surface area contributed by atoms with Gasteiger partial charge in [-0.3, -0.25) is 14.5 Å². The van der Waals surface area contributed by atoms with Crippen LogP contribution in [0.1, 0.15) is 4.88 Å². The molecular formula is C17H10ClNO2S3. The van der Waals surface area contributed by atoms with Gasteiger partial charge < -0.3 is 0 Å². The average Bonchev–Trinajstić information content (AvgIpc) is 3.10. The average molecular weight is 392 g/mol. The molecule has 1 aromatic heterocycles. The Kier molecular flexibility index (Phi) is 5.36. The van der Waals surface area contributed by atoms with E-state index in [-0.39, 0.29) is 17.7 Å². The van der Waals surface area contributed by atoms with Crippen molar-refractivity contribution >= 4 is 63.7 Å². The van der Waals surface area contributed by atoms with Crippen molar-refractivity contribution < 1.29 is 9.59 Å². The summed E-state index contributed by atoms with van der Waals surface area (Å²) in [5.74, 6) is 1.99. The fraction of sp³-hybridized carbons (Fsp3) is 0.0588. The number of benzene rings is 1. The van der Waals surface area contributed by atoms with E-state index in [2.05, 4.69) is 5.92 Å². The Morgan fingerprint density at radius 3 is 2.67 bits per heavy atom. The van der Waals surface area contributed by atoms with Crippen molar-refractivity contribution in [3.05, 3.63) is 51.2 Å². The van der Waals surface area contributed by atoms with E-state index in [0.717, 1.165) is 30.6 Å². The summed E-state index contributed by atoms with van der Waals surface area (Å²) in [6.45, 7) is 0.00408. The first-order valence-corrected chi connectivity index (χ1v) is 9.61. The number of rotatable bonds is 4. The Bertz CT molecular complexity index is 865. The standard InChI is InChI=1S/C17H10ClNO2S3/c1-2-9-19-16(20)14(24-17(19)21)10-13-7-8-15(23-13)22-12-5-3-11(18)4-6-12/h1,3-8,10H,9H2/b14-10+. The molecule has 3 rings (SSSR count). The minimum Gasteiger partial charge on any atom is -0.268 e. The summed E-state index contributed by atoms with van der Waals surface area (Å²) in [5, 5.41) is 0.380. The zero-order valence-electron chi connectivity index (χ0n) is 12.2. The highest BCUT2D eigenvalue weighted by Crippen LogP contribution is 2.37. The fourth-order valence-corrected chi connectivity index (χ4v) is 5.04. The molecule has 0 spiro atoms. The van der Waals surface area contributed by atoms with E-state index < -0.39 is 0 Å². The predicted octanol–water partition coefficient (Wildman–Crippen LogP) is 5.22. The van der Waals surface area contributed by atoms with Crippen molar-refractivity contribution in [3.63, 3.8) is 0 Å². The number of imide groups is 1. The van der Waals surface area contributed by atoms with Crippen LogP contribution in [0.25, 0.3) is 6.08 Å².